The van der Waals surface area contributed by atoms with E-state index in [-0.39, 0.29) is 17.7 Å². The maximum Gasteiger partial charge on any atom is 0.408 e. The number of aromatic nitrogens is 3. The number of H-pyrrole nitrogens is 1. The number of hydrogen-bond donors (Lipinski definition) is 4. The zero-order valence-electron chi connectivity index (χ0n) is 17.0. The summed E-state index contributed by atoms with van der Waals surface area (Å²) in [4.78, 5) is 16.6. The van der Waals surface area contributed by atoms with Gasteiger partial charge in [-0.3, -0.25) is 10.4 Å². The number of nitrogens with one attached hydrogen (secondary N) is 4. The Labute approximate surface area is 176 Å². The van der Waals surface area contributed by atoms with E-state index in [2.05, 4.69) is 31.1 Å². The molecule has 0 bridgehead atoms. The number of rotatable bonds is 8. The average Bonchev–Trinajstić information content (AvgIpc) is 3.13. The minimum atomic E-state index is -4.41. The van der Waals surface area contributed by atoms with Crippen LogP contribution in [0.25, 0.3) is 10.9 Å². The third-order valence-corrected chi connectivity index (χ3v) is 4.65. The Morgan fingerprint density at radius 2 is 2.00 bits per heavy atom. The summed E-state index contributed by atoms with van der Waals surface area (Å²) in [7, 11) is 1.59. The number of ether oxygens (including phenoxy) is 1. The van der Waals surface area contributed by atoms with E-state index in [1.54, 1.807) is 7.11 Å². The lowest BCUT2D eigenvalue weighted by atomic mass is 10.0. The predicted octanol–water partition coefficient (Wildman–Crippen LogP) is 4.22. The van der Waals surface area contributed by atoms with E-state index < -0.39 is 18.2 Å². The molecule has 0 aliphatic rings. The molecule has 0 fully saturated rings. The molecule has 2 amide bonds. The van der Waals surface area contributed by atoms with Gasteiger partial charge in [-0.2, -0.15) is 18.3 Å². The average molecular weight is 436 g/mol. The van der Waals surface area contributed by atoms with Crippen molar-refractivity contribution in [2.24, 2.45) is 0 Å². The number of nitrogens with zero attached hydrogens (tertiary/aromatic N) is 2. The first-order valence-electron chi connectivity index (χ1n) is 9.56. The van der Waals surface area contributed by atoms with Gasteiger partial charge < -0.3 is 15.4 Å². The van der Waals surface area contributed by atoms with Crippen LogP contribution in [0, 0.1) is 0 Å². The van der Waals surface area contributed by atoms with Gasteiger partial charge in [0.15, 0.2) is 5.82 Å². The second-order valence-electron chi connectivity index (χ2n) is 6.94. The van der Waals surface area contributed by atoms with Gasteiger partial charge >= 0.3 is 12.2 Å². The number of urea groups is 1. The number of carbonyl (C=O) groups is 1. The van der Waals surface area contributed by atoms with Gasteiger partial charge in [-0.1, -0.05) is 30.3 Å². The number of methoxy groups -OCH3 is 1. The topological polar surface area (TPSA) is 104 Å². The lowest BCUT2D eigenvalue weighted by molar-refractivity contribution is -0.138. The number of carbonyl (C=O) groups excluding carboxylic acids is 1. The second kappa shape index (κ2) is 9.65. The number of alkyl halides is 3. The lowest BCUT2D eigenvalue weighted by Gasteiger charge is -2.19. The first kappa shape index (κ1) is 22.3. The molecule has 31 heavy (non-hydrogen) atoms. The zero-order chi connectivity index (χ0) is 22.4. The molecule has 3 aromatic rings. The molecule has 1 aromatic carbocycles. The molecule has 3 rings (SSSR count). The van der Waals surface area contributed by atoms with Gasteiger partial charge in [0.05, 0.1) is 16.9 Å². The Balaban J connectivity index is 1.68. The summed E-state index contributed by atoms with van der Waals surface area (Å²) in [6, 6.07) is 8.46. The van der Waals surface area contributed by atoms with E-state index in [0.717, 1.165) is 12.5 Å². The number of benzene rings is 1. The van der Waals surface area contributed by atoms with Crippen molar-refractivity contribution in [2.75, 3.05) is 24.4 Å². The van der Waals surface area contributed by atoms with E-state index in [1.165, 1.54) is 12.3 Å². The molecule has 1 unspecified atom stereocenters. The van der Waals surface area contributed by atoms with Crippen molar-refractivity contribution in [3.05, 3.63) is 48.2 Å². The van der Waals surface area contributed by atoms with Crippen LogP contribution in [0.2, 0.25) is 0 Å². The van der Waals surface area contributed by atoms with E-state index >= 15 is 0 Å². The van der Waals surface area contributed by atoms with Crippen LogP contribution in [0.3, 0.4) is 0 Å². The summed E-state index contributed by atoms with van der Waals surface area (Å²) in [5.74, 6) is 0.259. The van der Waals surface area contributed by atoms with Crippen molar-refractivity contribution >= 4 is 28.6 Å². The number of pyridine rings is 1. The second-order valence-corrected chi connectivity index (χ2v) is 6.94. The Morgan fingerprint density at radius 3 is 2.68 bits per heavy atom. The van der Waals surface area contributed by atoms with Gasteiger partial charge in [-0.25, -0.2) is 9.78 Å². The smallest absolute Gasteiger partial charge is 0.385 e. The van der Waals surface area contributed by atoms with Crippen LogP contribution in [0.1, 0.15) is 24.9 Å². The predicted molar refractivity (Wildman–Crippen MR) is 111 cm³/mol. The van der Waals surface area contributed by atoms with Crippen molar-refractivity contribution < 1.29 is 22.7 Å². The van der Waals surface area contributed by atoms with E-state index in [4.69, 9.17) is 4.74 Å². The van der Waals surface area contributed by atoms with Crippen LogP contribution in [-0.4, -0.2) is 47.1 Å². The van der Waals surface area contributed by atoms with Gasteiger partial charge in [0.1, 0.15) is 11.9 Å². The molecule has 0 saturated heterocycles. The lowest BCUT2D eigenvalue weighted by Crippen LogP contribution is -2.33. The van der Waals surface area contributed by atoms with Crippen molar-refractivity contribution in [3.8, 4) is 0 Å². The van der Waals surface area contributed by atoms with Crippen molar-refractivity contribution in [1.82, 2.24) is 20.5 Å². The molecule has 11 heteroatoms. The van der Waals surface area contributed by atoms with Crippen LogP contribution < -0.4 is 16.0 Å². The minimum absolute atomic E-state index is 0.0343. The number of anilines is 2. The number of aromatic amines is 1. The van der Waals surface area contributed by atoms with Gasteiger partial charge in [-0.15, -0.1) is 0 Å². The quantitative estimate of drug-likeness (QED) is 0.423. The largest absolute Gasteiger partial charge is 0.408 e. The third-order valence-electron chi connectivity index (χ3n) is 4.65. The molecular weight excluding hydrogens is 413 g/mol. The first-order chi connectivity index (χ1) is 14.8. The highest BCUT2D eigenvalue weighted by atomic mass is 19.4. The summed E-state index contributed by atoms with van der Waals surface area (Å²) < 4.78 is 43.4. The number of halogens is 3. The maximum atomic E-state index is 12.8. The van der Waals surface area contributed by atoms with Gasteiger partial charge in [0, 0.05) is 26.0 Å². The molecule has 0 saturated carbocycles. The van der Waals surface area contributed by atoms with E-state index in [1.807, 2.05) is 30.3 Å². The standard InChI is InChI=1S/C20H23F3N6O2/c1-12(20(21,22)23)25-18-14-11-24-17(10-16(14)28-29-18)27-19(30)26-15(8-9-31-2)13-6-4-3-5-7-13/h3-7,10-12,15H,8-9H2,1-2H3,(H2,25,28,29)(H2,24,26,27,30)/t12?,15-/m1/s1. The van der Waals surface area contributed by atoms with Crippen LogP contribution in [0.4, 0.5) is 29.6 Å². The maximum absolute atomic E-state index is 12.8. The monoisotopic (exact) mass is 436 g/mol. The van der Waals surface area contributed by atoms with E-state index in [0.29, 0.717) is 23.9 Å². The Bertz CT molecular complexity index is 1010. The summed E-state index contributed by atoms with van der Waals surface area (Å²) in [5, 5.41) is 14.7. The van der Waals surface area contributed by atoms with Crippen LogP contribution in [0.5, 0.6) is 0 Å². The Hall–Kier alpha value is -3.34. The molecule has 2 aromatic heterocycles. The fourth-order valence-corrected chi connectivity index (χ4v) is 2.93. The summed E-state index contributed by atoms with van der Waals surface area (Å²) in [6.07, 6.45) is -2.48. The summed E-state index contributed by atoms with van der Waals surface area (Å²) in [5.41, 5.74) is 1.36. The molecule has 0 aliphatic carbocycles. The SMILES string of the molecule is COCC[C@@H](NC(=O)Nc1cc2[nH]nc(NC(C)C(F)(F)F)c2cn1)c1ccccc1. The van der Waals surface area contributed by atoms with Crippen LogP contribution in [-0.2, 0) is 4.74 Å². The highest BCUT2D eigenvalue weighted by Crippen LogP contribution is 2.27. The summed E-state index contributed by atoms with van der Waals surface area (Å²) >= 11 is 0. The number of fused-ring (bicyclic) bond motifs is 1. The van der Waals surface area contributed by atoms with Crippen LogP contribution in [0.15, 0.2) is 42.6 Å². The van der Waals surface area contributed by atoms with Crippen molar-refractivity contribution in [2.45, 2.75) is 31.6 Å². The highest BCUT2D eigenvalue weighted by molar-refractivity contribution is 5.94. The molecular formula is C20H23F3N6O2. The number of hydrogen-bond acceptors (Lipinski definition) is 5. The fourth-order valence-electron chi connectivity index (χ4n) is 2.93. The molecule has 0 spiro atoms. The Kier molecular flexibility index (Phi) is 6.95. The van der Waals surface area contributed by atoms with Crippen molar-refractivity contribution in [3.63, 3.8) is 0 Å². The fraction of sp³-hybridized carbons (Fsp3) is 0.350. The number of amides is 2. The van der Waals surface area contributed by atoms with Crippen LogP contribution >= 0.6 is 0 Å². The third kappa shape index (κ3) is 5.85. The normalized spacial score (nSPS) is 13.6. The first-order valence-corrected chi connectivity index (χ1v) is 9.56. The molecule has 2 atom stereocenters. The van der Waals surface area contributed by atoms with Gasteiger partial charge in [0.2, 0.25) is 0 Å². The summed E-state index contributed by atoms with van der Waals surface area (Å²) in [6.45, 7) is 1.46. The van der Waals surface area contributed by atoms with Gasteiger partial charge in [-0.05, 0) is 18.9 Å². The van der Waals surface area contributed by atoms with Gasteiger partial charge in [0.25, 0.3) is 0 Å². The molecule has 2 heterocycles. The van der Waals surface area contributed by atoms with E-state index in [9.17, 15) is 18.0 Å². The molecule has 0 aliphatic heterocycles. The molecule has 4 N–H and O–H groups in total. The Morgan fingerprint density at radius 1 is 1.26 bits per heavy atom. The van der Waals surface area contributed by atoms with Crippen molar-refractivity contribution in [1.29, 1.82) is 0 Å². The molecule has 0 radical (unpaired) electrons. The zero-order valence-corrected chi connectivity index (χ0v) is 17.0. The highest BCUT2D eigenvalue weighted by Gasteiger charge is 2.36. The molecule has 8 nitrogen and oxygen atoms in total. The molecule has 166 valence electrons. The minimum Gasteiger partial charge on any atom is -0.385 e.